The van der Waals surface area contributed by atoms with Gasteiger partial charge in [-0.05, 0) is 55.0 Å². The van der Waals surface area contributed by atoms with Crippen molar-refractivity contribution >= 4 is 39.1 Å². The van der Waals surface area contributed by atoms with E-state index in [0.717, 1.165) is 10.0 Å². The first-order chi connectivity index (χ1) is 10.5. The van der Waals surface area contributed by atoms with E-state index in [1.54, 1.807) is 43.5 Å². The van der Waals surface area contributed by atoms with Crippen LogP contribution in [0.2, 0.25) is 0 Å². The van der Waals surface area contributed by atoms with E-state index in [1.807, 2.05) is 13.0 Å². The SMILES string of the molecule is COc1ccc(NC(=O)C(=O)Nc2ccc(Br)c(C)c2)cc1. The van der Waals surface area contributed by atoms with E-state index in [4.69, 9.17) is 4.74 Å². The van der Waals surface area contributed by atoms with E-state index in [0.29, 0.717) is 17.1 Å². The Balaban J connectivity index is 1.99. The average Bonchev–Trinajstić information content (AvgIpc) is 2.51. The van der Waals surface area contributed by atoms with Gasteiger partial charge in [0.05, 0.1) is 7.11 Å². The van der Waals surface area contributed by atoms with Crippen LogP contribution in [0.25, 0.3) is 0 Å². The summed E-state index contributed by atoms with van der Waals surface area (Å²) in [6, 6.07) is 12.0. The van der Waals surface area contributed by atoms with Gasteiger partial charge in [-0.3, -0.25) is 9.59 Å². The predicted molar refractivity (Wildman–Crippen MR) is 89.1 cm³/mol. The number of carbonyl (C=O) groups is 2. The number of ether oxygens (including phenoxy) is 1. The van der Waals surface area contributed by atoms with Crippen molar-refractivity contribution in [1.82, 2.24) is 0 Å². The van der Waals surface area contributed by atoms with Crippen molar-refractivity contribution in [3.05, 3.63) is 52.5 Å². The third kappa shape index (κ3) is 4.08. The second-order valence-electron chi connectivity index (χ2n) is 4.60. The molecule has 6 heteroatoms. The maximum atomic E-state index is 11.9. The number of hydrogen-bond acceptors (Lipinski definition) is 3. The number of anilines is 2. The van der Waals surface area contributed by atoms with E-state index in [2.05, 4.69) is 26.6 Å². The number of amides is 2. The third-order valence-corrected chi connectivity index (χ3v) is 3.86. The molecule has 0 atom stereocenters. The molecule has 2 aromatic rings. The van der Waals surface area contributed by atoms with Gasteiger partial charge in [-0.2, -0.15) is 0 Å². The number of aryl methyl sites for hydroxylation is 1. The van der Waals surface area contributed by atoms with E-state index in [1.165, 1.54) is 0 Å². The smallest absolute Gasteiger partial charge is 0.314 e. The van der Waals surface area contributed by atoms with Crippen LogP contribution >= 0.6 is 15.9 Å². The fourth-order valence-corrected chi connectivity index (χ4v) is 2.02. The predicted octanol–water partition coefficient (Wildman–Crippen LogP) is 3.34. The molecule has 0 saturated carbocycles. The maximum Gasteiger partial charge on any atom is 0.314 e. The highest BCUT2D eigenvalue weighted by Gasteiger charge is 2.14. The number of benzene rings is 2. The zero-order valence-electron chi connectivity index (χ0n) is 12.1. The van der Waals surface area contributed by atoms with Crippen LogP contribution in [0.15, 0.2) is 46.9 Å². The first-order valence-corrected chi connectivity index (χ1v) is 7.31. The summed E-state index contributed by atoms with van der Waals surface area (Å²) in [7, 11) is 1.56. The van der Waals surface area contributed by atoms with Gasteiger partial charge in [-0.25, -0.2) is 0 Å². The molecule has 5 nitrogen and oxygen atoms in total. The number of hydrogen-bond donors (Lipinski definition) is 2. The van der Waals surface area contributed by atoms with Crippen LogP contribution < -0.4 is 15.4 Å². The van der Waals surface area contributed by atoms with Gasteiger partial charge in [-0.1, -0.05) is 15.9 Å². The lowest BCUT2D eigenvalue weighted by Crippen LogP contribution is -2.29. The van der Waals surface area contributed by atoms with Crippen LogP contribution in [0.5, 0.6) is 5.75 Å². The Bertz CT molecular complexity index is 699. The standard InChI is InChI=1S/C16H15BrN2O3/c1-10-9-12(5-8-14(10)17)19-16(21)15(20)18-11-3-6-13(22-2)7-4-11/h3-9H,1-2H3,(H,18,20)(H,19,21). The summed E-state index contributed by atoms with van der Waals surface area (Å²) in [5.41, 5.74) is 2.05. The largest absolute Gasteiger partial charge is 0.497 e. The van der Waals surface area contributed by atoms with Crippen LogP contribution in [-0.2, 0) is 9.59 Å². The molecule has 2 aromatic carbocycles. The molecule has 114 valence electrons. The van der Waals surface area contributed by atoms with Gasteiger partial charge in [0.15, 0.2) is 0 Å². The van der Waals surface area contributed by atoms with E-state index in [9.17, 15) is 9.59 Å². The third-order valence-electron chi connectivity index (χ3n) is 2.97. The second kappa shape index (κ2) is 7.09. The molecule has 0 heterocycles. The molecule has 0 radical (unpaired) electrons. The van der Waals surface area contributed by atoms with Crippen LogP contribution in [0.1, 0.15) is 5.56 Å². The molecule has 0 fully saturated rings. The summed E-state index contributed by atoms with van der Waals surface area (Å²) in [5, 5.41) is 5.08. The molecule has 0 spiro atoms. The maximum absolute atomic E-state index is 11.9. The molecule has 2 N–H and O–H groups in total. The van der Waals surface area contributed by atoms with Crippen molar-refractivity contribution < 1.29 is 14.3 Å². The molecule has 0 aliphatic rings. The van der Waals surface area contributed by atoms with Crippen LogP contribution in [0.4, 0.5) is 11.4 Å². The average molecular weight is 363 g/mol. The number of nitrogens with one attached hydrogen (secondary N) is 2. The lowest BCUT2D eigenvalue weighted by molar-refractivity contribution is -0.132. The summed E-state index contributed by atoms with van der Waals surface area (Å²) in [4.78, 5) is 23.7. The Morgan fingerprint density at radius 3 is 2.05 bits per heavy atom. The minimum atomic E-state index is -0.731. The summed E-state index contributed by atoms with van der Waals surface area (Å²) in [5.74, 6) is -0.781. The second-order valence-corrected chi connectivity index (χ2v) is 5.46. The van der Waals surface area contributed by atoms with Gasteiger partial charge in [-0.15, -0.1) is 0 Å². The van der Waals surface area contributed by atoms with Gasteiger partial charge >= 0.3 is 11.8 Å². The van der Waals surface area contributed by atoms with Gasteiger partial charge in [0.2, 0.25) is 0 Å². The highest BCUT2D eigenvalue weighted by atomic mass is 79.9. The van der Waals surface area contributed by atoms with Gasteiger partial charge in [0, 0.05) is 15.8 Å². The minimum absolute atomic E-state index is 0.521. The fourth-order valence-electron chi connectivity index (χ4n) is 1.77. The van der Waals surface area contributed by atoms with Gasteiger partial charge in [0.1, 0.15) is 5.75 Å². The van der Waals surface area contributed by atoms with Crippen molar-refractivity contribution in [1.29, 1.82) is 0 Å². The van der Waals surface area contributed by atoms with Crippen molar-refractivity contribution in [2.24, 2.45) is 0 Å². The van der Waals surface area contributed by atoms with Crippen molar-refractivity contribution in [2.45, 2.75) is 6.92 Å². The van der Waals surface area contributed by atoms with Crippen LogP contribution in [0, 0.1) is 6.92 Å². The number of carbonyl (C=O) groups excluding carboxylic acids is 2. The molecular formula is C16H15BrN2O3. The lowest BCUT2D eigenvalue weighted by atomic mass is 10.2. The molecule has 0 aliphatic heterocycles. The monoisotopic (exact) mass is 362 g/mol. The number of methoxy groups -OCH3 is 1. The normalized spacial score (nSPS) is 9.95. The highest BCUT2D eigenvalue weighted by molar-refractivity contribution is 9.10. The molecular weight excluding hydrogens is 348 g/mol. The Kier molecular flexibility index (Phi) is 5.16. The van der Waals surface area contributed by atoms with Crippen molar-refractivity contribution in [3.63, 3.8) is 0 Å². The van der Waals surface area contributed by atoms with E-state index >= 15 is 0 Å². The van der Waals surface area contributed by atoms with Crippen molar-refractivity contribution in [3.8, 4) is 5.75 Å². The highest BCUT2D eigenvalue weighted by Crippen LogP contribution is 2.20. The first-order valence-electron chi connectivity index (χ1n) is 6.52. The van der Waals surface area contributed by atoms with Gasteiger partial charge < -0.3 is 15.4 Å². The Hall–Kier alpha value is -2.34. The first kappa shape index (κ1) is 16.0. The number of rotatable bonds is 3. The molecule has 0 saturated heterocycles. The summed E-state index contributed by atoms with van der Waals surface area (Å²) in [6.07, 6.45) is 0. The zero-order chi connectivity index (χ0) is 16.1. The molecule has 2 rings (SSSR count). The fraction of sp³-hybridized carbons (Fsp3) is 0.125. The van der Waals surface area contributed by atoms with Gasteiger partial charge in [0.25, 0.3) is 0 Å². The molecule has 2 amide bonds. The van der Waals surface area contributed by atoms with Crippen LogP contribution in [0.3, 0.4) is 0 Å². The quantitative estimate of drug-likeness (QED) is 0.822. The Morgan fingerprint density at radius 1 is 0.955 bits per heavy atom. The van der Waals surface area contributed by atoms with E-state index in [-0.39, 0.29) is 0 Å². The summed E-state index contributed by atoms with van der Waals surface area (Å²) in [6.45, 7) is 1.90. The molecule has 0 aliphatic carbocycles. The summed E-state index contributed by atoms with van der Waals surface area (Å²) < 4.78 is 5.96. The topological polar surface area (TPSA) is 67.4 Å². The van der Waals surface area contributed by atoms with E-state index < -0.39 is 11.8 Å². The summed E-state index contributed by atoms with van der Waals surface area (Å²) >= 11 is 3.38. The zero-order valence-corrected chi connectivity index (χ0v) is 13.7. The molecule has 0 bridgehead atoms. The van der Waals surface area contributed by atoms with Crippen molar-refractivity contribution in [2.75, 3.05) is 17.7 Å². The Labute approximate surface area is 136 Å². The Morgan fingerprint density at radius 2 is 1.50 bits per heavy atom. The number of halogens is 1. The lowest BCUT2D eigenvalue weighted by Gasteiger charge is -2.08. The molecule has 0 aromatic heterocycles. The molecule has 22 heavy (non-hydrogen) atoms. The van der Waals surface area contributed by atoms with Crippen LogP contribution in [-0.4, -0.2) is 18.9 Å². The minimum Gasteiger partial charge on any atom is -0.497 e. The molecule has 0 unspecified atom stereocenters.